The summed E-state index contributed by atoms with van der Waals surface area (Å²) in [6, 6.07) is 1.17. The average Bonchev–Trinajstić information content (AvgIpc) is 3.03. The van der Waals surface area contributed by atoms with Gasteiger partial charge in [0.15, 0.2) is 5.76 Å². The van der Waals surface area contributed by atoms with E-state index in [1.807, 2.05) is 0 Å². The molecule has 2 aromatic rings. The molecule has 8 heteroatoms. The normalized spacial score (nSPS) is 17.5. The van der Waals surface area contributed by atoms with E-state index in [0.29, 0.717) is 24.4 Å². The van der Waals surface area contributed by atoms with Crippen LogP contribution in [0.1, 0.15) is 36.2 Å². The molecule has 112 valence electrons. The highest BCUT2D eigenvalue weighted by Gasteiger charge is 2.31. The van der Waals surface area contributed by atoms with Crippen molar-refractivity contribution in [1.29, 1.82) is 0 Å². The second-order valence-corrected chi connectivity index (χ2v) is 5.09. The van der Waals surface area contributed by atoms with Gasteiger partial charge in [0.05, 0.1) is 12.8 Å². The molecule has 0 aliphatic carbocycles. The van der Waals surface area contributed by atoms with Gasteiger partial charge in [-0.2, -0.15) is 5.10 Å². The first-order valence-electron chi connectivity index (χ1n) is 6.78. The van der Waals surface area contributed by atoms with Crippen LogP contribution in [-0.2, 0) is 22.5 Å². The third-order valence-electron chi connectivity index (χ3n) is 3.59. The van der Waals surface area contributed by atoms with E-state index in [9.17, 15) is 9.59 Å². The van der Waals surface area contributed by atoms with Crippen molar-refractivity contribution in [2.45, 2.75) is 38.8 Å². The first kappa shape index (κ1) is 13.6. The highest BCUT2D eigenvalue weighted by atomic mass is 16.5. The first-order valence-corrected chi connectivity index (χ1v) is 6.78. The predicted octanol–water partition coefficient (Wildman–Crippen LogP) is 0.440. The number of aryl methyl sites for hydroxylation is 2. The van der Waals surface area contributed by atoms with Gasteiger partial charge in [0.2, 0.25) is 0 Å². The van der Waals surface area contributed by atoms with Crippen LogP contribution >= 0.6 is 0 Å². The van der Waals surface area contributed by atoms with E-state index in [-0.39, 0.29) is 12.2 Å². The minimum Gasteiger partial charge on any atom is -0.467 e. The second-order valence-electron chi connectivity index (χ2n) is 5.09. The lowest BCUT2D eigenvalue weighted by atomic mass is 10.1. The number of methoxy groups -OCH3 is 1. The van der Waals surface area contributed by atoms with Gasteiger partial charge in [-0.1, -0.05) is 5.16 Å². The second kappa shape index (κ2) is 5.19. The Hall–Kier alpha value is -2.38. The lowest BCUT2D eigenvalue weighted by Crippen LogP contribution is -2.35. The summed E-state index contributed by atoms with van der Waals surface area (Å²) in [5, 5.41) is 8.08. The maximum Gasteiger partial charge on any atom is 0.347 e. The standard InChI is InChI=1S/C13H16N4O4/c1-8-6-9(21-15-8)7-16-13(19)17-10(12(18)20-2)4-3-5-11(17)14-16/h6,10H,3-5,7H2,1-2H3/t10-/m1/s1. The minimum atomic E-state index is -0.587. The summed E-state index contributed by atoms with van der Waals surface area (Å²) in [7, 11) is 1.32. The highest BCUT2D eigenvalue weighted by Crippen LogP contribution is 2.22. The molecule has 0 radical (unpaired) electrons. The molecule has 1 aliphatic heterocycles. The molecule has 0 aromatic carbocycles. The Bertz CT molecular complexity index is 727. The number of hydrogen-bond acceptors (Lipinski definition) is 6. The first-order chi connectivity index (χ1) is 10.1. The fourth-order valence-electron chi connectivity index (χ4n) is 2.63. The number of fused-ring (bicyclic) bond motifs is 1. The number of ether oxygens (including phenoxy) is 1. The topological polar surface area (TPSA) is 92.2 Å². The van der Waals surface area contributed by atoms with Crippen molar-refractivity contribution in [3.63, 3.8) is 0 Å². The zero-order valence-electron chi connectivity index (χ0n) is 11.9. The van der Waals surface area contributed by atoms with Gasteiger partial charge in [-0.05, 0) is 19.8 Å². The van der Waals surface area contributed by atoms with Crippen LogP contribution < -0.4 is 5.69 Å². The van der Waals surface area contributed by atoms with Crippen LogP contribution in [0.15, 0.2) is 15.4 Å². The third-order valence-corrected chi connectivity index (χ3v) is 3.59. The monoisotopic (exact) mass is 292 g/mol. The molecule has 1 aliphatic rings. The summed E-state index contributed by atoms with van der Waals surface area (Å²) < 4.78 is 12.6. The lowest BCUT2D eigenvalue weighted by molar-refractivity contribution is -0.145. The van der Waals surface area contributed by atoms with Crippen molar-refractivity contribution < 1.29 is 14.1 Å². The molecular weight excluding hydrogens is 276 g/mol. The van der Waals surface area contributed by atoms with Crippen LogP contribution in [0.25, 0.3) is 0 Å². The zero-order valence-corrected chi connectivity index (χ0v) is 11.9. The van der Waals surface area contributed by atoms with Gasteiger partial charge >= 0.3 is 11.7 Å². The van der Waals surface area contributed by atoms with Crippen LogP contribution in [0.3, 0.4) is 0 Å². The van der Waals surface area contributed by atoms with Crippen molar-refractivity contribution in [2.24, 2.45) is 0 Å². The van der Waals surface area contributed by atoms with E-state index >= 15 is 0 Å². The van der Waals surface area contributed by atoms with Crippen LogP contribution in [0.2, 0.25) is 0 Å². The van der Waals surface area contributed by atoms with E-state index in [2.05, 4.69) is 10.3 Å². The molecular formula is C13H16N4O4. The van der Waals surface area contributed by atoms with Crippen LogP contribution in [0.5, 0.6) is 0 Å². The summed E-state index contributed by atoms with van der Waals surface area (Å²) in [4.78, 5) is 24.3. The largest absolute Gasteiger partial charge is 0.467 e. The SMILES string of the molecule is COC(=O)[C@H]1CCCc2nn(Cc3cc(C)no3)c(=O)n21. The molecule has 0 fully saturated rings. The number of aromatic nitrogens is 4. The lowest BCUT2D eigenvalue weighted by Gasteiger charge is -2.20. The fraction of sp³-hybridized carbons (Fsp3) is 0.538. The van der Waals surface area contributed by atoms with Gasteiger partial charge in [-0.3, -0.25) is 4.57 Å². The summed E-state index contributed by atoms with van der Waals surface area (Å²) in [6.45, 7) is 2.01. The number of nitrogens with zero attached hydrogens (tertiary/aromatic N) is 4. The third kappa shape index (κ3) is 2.37. The Morgan fingerprint density at radius 2 is 2.38 bits per heavy atom. The maximum absolute atomic E-state index is 12.4. The molecule has 0 amide bonds. The average molecular weight is 292 g/mol. The van der Waals surface area contributed by atoms with E-state index in [4.69, 9.17) is 9.26 Å². The molecule has 1 atom stereocenters. The van der Waals surface area contributed by atoms with Crippen molar-refractivity contribution in [2.75, 3.05) is 7.11 Å². The van der Waals surface area contributed by atoms with Crippen molar-refractivity contribution in [3.8, 4) is 0 Å². The Morgan fingerprint density at radius 1 is 1.57 bits per heavy atom. The van der Waals surface area contributed by atoms with Gasteiger partial charge in [-0.15, -0.1) is 0 Å². The number of rotatable bonds is 3. The Kier molecular flexibility index (Phi) is 3.36. The highest BCUT2D eigenvalue weighted by molar-refractivity contribution is 5.74. The molecule has 0 spiro atoms. The molecule has 2 aromatic heterocycles. The summed E-state index contributed by atoms with van der Waals surface area (Å²) in [5.41, 5.74) is 0.420. The summed E-state index contributed by atoms with van der Waals surface area (Å²) in [6.07, 6.45) is 2.06. The van der Waals surface area contributed by atoms with Gasteiger partial charge in [-0.25, -0.2) is 14.3 Å². The number of hydrogen-bond donors (Lipinski definition) is 0. The quantitative estimate of drug-likeness (QED) is 0.762. The van der Waals surface area contributed by atoms with Crippen LogP contribution in [0, 0.1) is 6.92 Å². The Labute approximate surface area is 120 Å². The molecule has 3 heterocycles. The molecule has 0 saturated carbocycles. The van der Waals surface area contributed by atoms with E-state index < -0.39 is 12.0 Å². The van der Waals surface area contributed by atoms with Crippen molar-refractivity contribution in [3.05, 3.63) is 33.8 Å². The number of carbonyl (C=O) groups is 1. The van der Waals surface area contributed by atoms with Crippen molar-refractivity contribution in [1.82, 2.24) is 19.5 Å². The van der Waals surface area contributed by atoms with Crippen LogP contribution in [0.4, 0.5) is 0 Å². The molecule has 3 rings (SSSR count). The van der Waals surface area contributed by atoms with E-state index in [1.165, 1.54) is 16.4 Å². The predicted molar refractivity (Wildman–Crippen MR) is 70.8 cm³/mol. The number of esters is 1. The molecule has 0 unspecified atom stereocenters. The van der Waals surface area contributed by atoms with Gasteiger partial charge in [0, 0.05) is 12.5 Å². The number of carbonyl (C=O) groups excluding carboxylic acids is 1. The van der Waals surface area contributed by atoms with Crippen LogP contribution in [-0.4, -0.2) is 32.6 Å². The molecule has 21 heavy (non-hydrogen) atoms. The molecule has 0 bridgehead atoms. The molecule has 8 nitrogen and oxygen atoms in total. The van der Waals surface area contributed by atoms with E-state index in [1.54, 1.807) is 13.0 Å². The van der Waals surface area contributed by atoms with Gasteiger partial charge in [0.25, 0.3) is 0 Å². The van der Waals surface area contributed by atoms with E-state index in [0.717, 1.165) is 12.1 Å². The maximum atomic E-state index is 12.4. The fourth-order valence-corrected chi connectivity index (χ4v) is 2.63. The molecule has 0 saturated heterocycles. The van der Waals surface area contributed by atoms with Gasteiger partial charge < -0.3 is 9.26 Å². The molecule has 0 N–H and O–H groups in total. The zero-order chi connectivity index (χ0) is 15.0. The van der Waals surface area contributed by atoms with Crippen molar-refractivity contribution >= 4 is 5.97 Å². The smallest absolute Gasteiger partial charge is 0.347 e. The summed E-state index contributed by atoms with van der Waals surface area (Å²) in [5.74, 6) is 0.755. The summed E-state index contributed by atoms with van der Waals surface area (Å²) >= 11 is 0. The Balaban J connectivity index is 1.96. The Morgan fingerprint density at radius 3 is 3.05 bits per heavy atom. The minimum absolute atomic E-state index is 0.202. The van der Waals surface area contributed by atoms with Gasteiger partial charge in [0.1, 0.15) is 18.4 Å².